The lowest BCUT2D eigenvalue weighted by molar-refractivity contribution is 0.436. The predicted molar refractivity (Wildman–Crippen MR) is 68.0 cm³/mol. The summed E-state index contributed by atoms with van der Waals surface area (Å²) < 4.78 is 5.20. The van der Waals surface area contributed by atoms with E-state index in [2.05, 4.69) is 10.1 Å². The van der Waals surface area contributed by atoms with Crippen molar-refractivity contribution < 1.29 is 4.52 Å². The van der Waals surface area contributed by atoms with Crippen molar-refractivity contribution in [3.8, 4) is 11.3 Å². The average molecular weight is 248 g/mol. The molecule has 0 bridgehead atoms. The summed E-state index contributed by atoms with van der Waals surface area (Å²) in [4.78, 5) is 3.27. The molecular weight excluding hydrogens is 238 g/mol. The van der Waals surface area contributed by atoms with Gasteiger partial charge in [0.1, 0.15) is 0 Å². The number of nitrogens with two attached hydrogens (primary N) is 1. The number of aromatic nitrogens is 2. The Kier molecular flexibility index (Phi) is 2.12. The van der Waals surface area contributed by atoms with Gasteiger partial charge in [-0.25, -0.2) is 0 Å². The molecular formula is C12H10ClN3O. The first-order valence-electron chi connectivity index (χ1n) is 5.15. The Morgan fingerprint density at radius 1 is 1.35 bits per heavy atom. The molecule has 0 aliphatic heterocycles. The van der Waals surface area contributed by atoms with Gasteiger partial charge in [-0.2, -0.15) is 0 Å². The number of hydrogen-bond acceptors (Lipinski definition) is 3. The van der Waals surface area contributed by atoms with Crippen LogP contribution in [0.25, 0.3) is 22.2 Å². The van der Waals surface area contributed by atoms with Gasteiger partial charge in [0, 0.05) is 33.2 Å². The van der Waals surface area contributed by atoms with Gasteiger partial charge in [-0.05, 0) is 25.1 Å². The molecule has 17 heavy (non-hydrogen) atoms. The zero-order chi connectivity index (χ0) is 12.0. The monoisotopic (exact) mass is 247 g/mol. The first-order chi connectivity index (χ1) is 8.15. The van der Waals surface area contributed by atoms with Crippen LogP contribution in [-0.2, 0) is 0 Å². The van der Waals surface area contributed by atoms with Crippen molar-refractivity contribution in [2.75, 3.05) is 5.73 Å². The van der Waals surface area contributed by atoms with Gasteiger partial charge in [-0.15, -0.1) is 0 Å². The van der Waals surface area contributed by atoms with Gasteiger partial charge in [-0.1, -0.05) is 16.8 Å². The highest BCUT2D eigenvalue weighted by Crippen LogP contribution is 2.34. The Morgan fingerprint density at radius 3 is 2.88 bits per heavy atom. The number of halogens is 1. The van der Waals surface area contributed by atoms with Gasteiger partial charge in [0.05, 0.1) is 0 Å². The number of nitrogen functional groups attached to an aromatic ring is 1. The fourth-order valence-corrected chi connectivity index (χ4v) is 2.20. The van der Waals surface area contributed by atoms with Crippen molar-refractivity contribution in [2.45, 2.75) is 6.92 Å². The summed E-state index contributed by atoms with van der Waals surface area (Å²) in [7, 11) is 0. The second-order valence-electron chi connectivity index (χ2n) is 3.93. The topological polar surface area (TPSA) is 67.8 Å². The Bertz CT molecular complexity index is 699. The molecule has 2 heterocycles. The fraction of sp³-hybridized carbons (Fsp3) is 0.0833. The van der Waals surface area contributed by atoms with Crippen LogP contribution in [0.4, 0.5) is 5.82 Å². The van der Waals surface area contributed by atoms with Crippen molar-refractivity contribution in [2.24, 2.45) is 0 Å². The Balaban J connectivity index is 2.34. The largest absolute Gasteiger partial charge is 0.381 e. The zero-order valence-corrected chi connectivity index (χ0v) is 9.88. The first-order valence-corrected chi connectivity index (χ1v) is 5.53. The van der Waals surface area contributed by atoms with E-state index in [0.717, 1.165) is 22.2 Å². The lowest BCUT2D eigenvalue weighted by Gasteiger charge is -1.95. The molecule has 0 saturated heterocycles. The molecule has 86 valence electrons. The average Bonchev–Trinajstić information content (AvgIpc) is 2.81. The minimum absolute atomic E-state index is 0.371. The van der Waals surface area contributed by atoms with Crippen LogP contribution in [0.1, 0.15) is 5.69 Å². The van der Waals surface area contributed by atoms with E-state index < -0.39 is 0 Å². The van der Waals surface area contributed by atoms with E-state index in [0.29, 0.717) is 16.6 Å². The summed E-state index contributed by atoms with van der Waals surface area (Å²) in [6.45, 7) is 1.97. The second-order valence-corrected chi connectivity index (χ2v) is 4.37. The molecule has 0 atom stereocenters. The second kappa shape index (κ2) is 3.53. The van der Waals surface area contributed by atoms with Crippen LogP contribution in [-0.4, -0.2) is 10.1 Å². The van der Waals surface area contributed by atoms with E-state index in [9.17, 15) is 0 Å². The van der Waals surface area contributed by atoms with Gasteiger partial charge in [0.25, 0.3) is 0 Å². The van der Waals surface area contributed by atoms with Crippen molar-refractivity contribution >= 4 is 28.3 Å². The van der Waals surface area contributed by atoms with E-state index in [4.69, 9.17) is 21.9 Å². The zero-order valence-electron chi connectivity index (χ0n) is 9.12. The van der Waals surface area contributed by atoms with Crippen LogP contribution < -0.4 is 5.73 Å². The number of rotatable bonds is 1. The summed E-state index contributed by atoms with van der Waals surface area (Å²) in [5.74, 6) is 1.02. The third-order valence-electron chi connectivity index (χ3n) is 2.72. The molecule has 0 aliphatic carbocycles. The molecule has 0 aliphatic rings. The Morgan fingerprint density at radius 2 is 2.18 bits per heavy atom. The maximum atomic E-state index is 6.01. The van der Waals surface area contributed by atoms with Crippen molar-refractivity contribution in [3.63, 3.8) is 0 Å². The van der Waals surface area contributed by atoms with Crippen LogP contribution in [0.5, 0.6) is 0 Å². The molecule has 3 N–H and O–H groups in total. The summed E-state index contributed by atoms with van der Waals surface area (Å²) in [5.41, 5.74) is 8.53. The van der Waals surface area contributed by atoms with Gasteiger partial charge in [0.15, 0.2) is 11.6 Å². The number of hydrogen-bond donors (Lipinski definition) is 2. The van der Waals surface area contributed by atoms with E-state index in [1.807, 2.05) is 25.1 Å². The molecule has 4 nitrogen and oxygen atoms in total. The molecule has 5 heteroatoms. The van der Waals surface area contributed by atoms with E-state index in [-0.39, 0.29) is 0 Å². The van der Waals surface area contributed by atoms with Crippen LogP contribution in [0.15, 0.2) is 28.8 Å². The number of aromatic amines is 1. The number of nitrogens with zero attached hydrogens (tertiary/aromatic N) is 1. The summed E-state index contributed by atoms with van der Waals surface area (Å²) in [6, 6.07) is 7.39. The Hall–Kier alpha value is -1.94. The number of H-pyrrole nitrogens is 1. The summed E-state index contributed by atoms with van der Waals surface area (Å²) in [5, 5.41) is 5.39. The molecule has 0 amide bonds. The molecule has 0 saturated carbocycles. The fourth-order valence-electron chi connectivity index (χ4n) is 2.02. The third-order valence-corrected chi connectivity index (χ3v) is 2.96. The number of anilines is 1. The van der Waals surface area contributed by atoms with E-state index in [1.165, 1.54) is 0 Å². The minimum Gasteiger partial charge on any atom is -0.381 e. The lowest BCUT2D eigenvalue weighted by atomic mass is 10.1. The lowest BCUT2D eigenvalue weighted by Crippen LogP contribution is -1.80. The van der Waals surface area contributed by atoms with Gasteiger partial charge in [-0.3, -0.25) is 0 Å². The number of aryl methyl sites for hydroxylation is 1. The van der Waals surface area contributed by atoms with Crippen LogP contribution in [0, 0.1) is 6.92 Å². The molecule has 0 fully saturated rings. The van der Waals surface area contributed by atoms with Crippen LogP contribution in [0.2, 0.25) is 5.02 Å². The summed E-state index contributed by atoms with van der Waals surface area (Å²) in [6.07, 6.45) is 0. The highest BCUT2D eigenvalue weighted by Gasteiger charge is 2.14. The number of fused-ring (bicyclic) bond motifs is 1. The Labute approximate surface area is 102 Å². The predicted octanol–water partition coefficient (Wildman–Crippen LogP) is 3.37. The molecule has 3 aromatic rings. The first kappa shape index (κ1) is 10.2. The van der Waals surface area contributed by atoms with Crippen molar-refractivity contribution in [1.82, 2.24) is 10.1 Å². The maximum absolute atomic E-state index is 6.01. The minimum atomic E-state index is 0.371. The van der Waals surface area contributed by atoms with Crippen LogP contribution in [0.3, 0.4) is 0 Å². The quantitative estimate of drug-likeness (QED) is 0.693. The van der Waals surface area contributed by atoms with Gasteiger partial charge in [0.2, 0.25) is 0 Å². The molecule has 3 rings (SSSR count). The van der Waals surface area contributed by atoms with E-state index in [1.54, 1.807) is 6.07 Å². The number of nitrogens with one attached hydrogen (secondary N) is 1. The smallest absolute Gasteiger partial charge is 0.171 e. The maximum Gasteiger partial charge on any atom is 0.171 e. The highest BCUT2D eigenvalue weighted by molar-refractivity contribution is 6.31. The molecule has 0 radical (unpaired) electrons. The normalized spacial score (nSPS) is 11.2. The third kappa shape index (κ3) is 1.57. The molecule has 0 unspecified atom stereocenters. The van der Waals surface area contributed by atoms with Gasteiger partial charge < -0.3 is 15.2 Å². The molecule has 2 aromatic heterocycles. The number of benzene rings is 1. The van der Waals surface area contributed by atoms with Crippen molar-refractivity contribution in [1.29, 1.82) is 0 Å². The van der Waals surface area contributed by atoms with Gasteiger partial charge >= 0.3 is 0 Å². The standard InChI is InChI=1S/C12H10ClN3O/c1-6-12(10-5-11(14)16-17-10)8-4-7(13)2-3-9(8)15-6/h2-5,15H,1H3,(H2,14,16). The molecule has 0 spiro atoms. The summed E-state index contributed by atoms with van der Waals surface area (Å²) >= 11 is 6.01. The highest BCUT2D eigenvalue weighted by atomic mass is 35.5. The van der Waals surface area contributed by atoms with E-state index >= 15 is 0 Å². The van der Waals surface area contributed by atoms with Crippen LogP contribution >= 0.6 is 11.6 Å². The molecule has 1 aromatic carbocycles. The SMILES string of the molecule is Cc1[nH]c2ccc(Cl)cc2c1-c1cc(N)no1. The van der Waals surface area contributed by atoms with Crippen molar-refractivity contribution in [3.05, 3.63) is 35.0 Å².